The van der Waals surface area contributed by atoms with Gasteiger partial charge in [-0.25, -0.2) is 4.98 Å². The van der Waals surface area contributed by atoms with E-state index in [0.29, 0.717) is 23.5 Å². The van der Waals surface area contributed by atoms with Gasteiger partial charge in [0.15, 0.2) is 29.3 Å². The molecule has 5 atom stereocenters. The molecule has 2 aromatic heterocycles. The Kier molecular flexibility index (Phi) is 6.58. The number of aromatic nitrogens is 4. The van der Waals surface area contributed by atoms with Gasteiger partial charge in [-0.3, -0.25) is 9.36 Å². The monoisotopic (exact) mass is 454 g/mol. The Bertz CT molecular complexity index is 936. The molecule has 2 aromatic rings. The van der Waals surface area contributed by atoms with Crippen LogP contribution in [0.4, 0.5) is 5.82 Å². The van der Waals surface area contributed by atoms with Crippen molar-refractivity contribution in [3.8, 4) is 0 Å². The van der Waals surface area contributed by atoms with Gasteiger partial charge in [-0.1, -0.05) is 19.3 Å². The Morgan fingerprint density at radius 1 is 1.29 bits per heavy atom. The first-order valence-electron chi connectivity index (χ1n) is 10.5. The van der Waals surface area contributed by atoms with Crippen molar-refractivity contribution in [3.63, 3.8) is 0 Å². The second kappa shape index (κ2) is 9.21. The van der Waals surface area contributed by atoms with E-state index in [2.05, 4.69) is 25.6 Å². The predicted octanol–water partition coefficient (Wildman–Crippen LogP) is 0.340. The van der Waals surface area contributed by atoms with Crippen LogP contribution in [0.25, 0.3) is 11.2 Å². The van der Waals surface area contributed by atoms with E-state index in [1.165, 1.54) is 17.3 Å². The molecule has 1 aliphatic carbocycles. The van der Waals surface area contributed by atoms with Crippen molar-refractivity contribution >= 4 is 34.5 Å². The van der Waals surface area contributed by atoms with Crippen molar-refractivity contribution in [2.45, 2.75) is 75.7 Å². The van der Waals surface area contributed by atoms with Gasteiger partial charge in [-0.2, -0.15) is 9.97 Å². The lowest BCUT2D eigenvalue weighted by Crippen LogP contribution is -2.47. The Hall–Kier alpha value is -2.05. The maximum atomic E-state index is 12.0. The van der Waals surface area contributed by atoms with E-state index in [0.717, 1.165) is 25.7 Å². The summed E-state index contributed by atoms with van der Waals surface area (Å²) in [5.74, 6) is -0.202. The minimum absolute atomic E-state index is 0.000460. The van der Waals surface area contributed by atoms with Crippen LogP contribution in [0.2, 0.25) is 5.28 Å². The summed E-state index contributed by atoms with van der Waals surface area (Å²) in [4.78, 5) is 24.8. The Morgan fingerprint density at radius 2 is 2.03 bits per heavy atom. The predicted molar refractivity (Wildman–Crippen MR) is 111 cm³/mol. The molecule has 1 aliphatic heterocycles. The number of carbonyl (C=O) groups excluding carboxylic acids is 1. The smallest absolute Gasteiger partial charge is 0.251 e. The fourth-order valence-electron chi connectivity index (χ4n) is 4.22. The zero-order chi connectivity index (χ0) is 22.1. The van der Waals surface area contributed by atoms with Crippen molar-refractivity contribution in [1.82, 2.24) is 24.8 Å². The molecule has 12 heteroatoms. The third kappa shape index (κ3) is 4.33. The highest BCUT2D eigenvalue weighted by atomic mass is 35.5. The van der Waals surface area contributed by atoms with Crippen LogP contribution in [0.15, 0.2) is 6.33 Å². The first kappa shape index (κ1) is 22.2. The van der Waals surface area contributed by atoms with Crippen LogP contribution in [0.3, 0.4) is 0 Å². The number of amides is 1. The first-order valence-corrected chi connectivity index (χ1v) is 10.9. The normalized spacial score (nSPS) is 28.0. The van der Waals surface area contributed by atoms with E-state index < -0.39 is 36.6 Å². The SMILES string of the molecule is CCNC(=O)C(O)[C@H]1O[C@@H](n2cnc3c(NC4CCCCC4)nc(Cl)nc32)[C@H](O)[C@@H]1O. The molecule has 4 rings (SSSR count). The van der Waals surface area contributed by atoms with Gasteiger partial charge in [-0.15, -0.1) is 0 Å². The topological polar surface area (TPSA) is 155 Å². The van der Waals surface area contributed by atoms with Gasteiger partial charge >= 0.3 is 0 Å². The molecule has 0 radical (unpaired) electrons. The summed E-state index contributed by atoms with van der Waals surface area (Å²) < 4.78 is 7.11. The molecule has 170 valence electrons. The number of carbonyl (C=O) groups is 1. The standard InChI is InChI=1S/C19H27ClN6O5/c1-2-21-17(30)13(29)14-11(27)12(28)18(31-14)26-8-22-10-15(24-19(20)25-16(10)26)23-9-6-4-3-5-7-9/h8-9,11-14,18,27-29H,2-7H2,1H3,(H,21,30)(H,23,24,25)/t11-,12+,13?,14-,18+/m0/s1. The molecule has 0 aromatic carbocycles. The van der Waals surface area contributed by atoms with E-state index in [9.17, 15) is 20.1 Å². The van der Waals surface area contributed by atoms with Crippen molar-refractivity contribution in [2.24, 2.45) is 0 Å². The largest absolute Gasteiger partial charge is 0.387 e. The number of halogens is 1. The van der Waals surface area contributed by atoms with Crippen molar-refractivity contribution in [1.29, 1.82) is 0 Å². The van der Waals surface area contributed by atoms with Gasteiger partial charge in [0.1, 0.15) is 18.3 Å². The maximum absolute atomic E-state index is 12.0. The number of aliphatic hydroxyl groups is 3. The van der Waals surface area contributed by atoms with Crippen molar-refractivity contribution in [2.75, 3.05) is 11.9 Å². The lowest BCUT2D eigenvalue weighted by molar-refractivity contribution is -0.143. The summed E-state index contributed by atoms with van der Waals surface area (Å²) in [7, 11) is 0. The average Bonchev–Trinajstić information content (AvgIpc) is 3.29. The number of anilines is 1. The van der Waals surface area contributed by atoms with Gasteiger partial charge < -0.3 is 30.7 Å². The summed E-state index contributed by atoms with van der Waals surface area (Å²) in [6, 6.07) is 0.264. The molecule has 31 heavy (non-hydrogen) atoms. The number of ether oxygens (including phenoxy) is 1. The van der Waals surface area contributed by atoms with Crippen molar-refractivity contribution < 1.29 is 24.9 Å². The van der Waals surface area contributed by atoms with E-state index in [4.69, 9.17) is 16.3 Å². The summed E-state index contributed by atoms with van der Waals surface area (Å²) >= 11 is 6.15. The first-order chi connectivity index (χ1) is 14.9. The quantitative estimate of drug-likeness (QED) is 0.388. The average molecular weight is 455 g/mol. The Labute approximate surface area is 183 Å². The zero-order valence-electron chi connectivity index (χ0n) is 17.1. The highest BCUT2D eigenvalue weighted by Crippen LogP contribution is 2.34. The second-order valence-electron chi connectivity index (χ2n) is 7.96. The molecule has 5 N–H and O–H groups in total. The highest BCUT2D eigenvalue weighted by Gasteiger charge is 2.49. The number of hydrogen-bond donors (Lipinski definition) is 5. The molecule has 1 amide bonds. The third-order valence-corrected chi connectivity index (χ3v) is 5.99. The van der Waals surface area contributed by atoms with Crippen LogP contribution in [-0.2, 0) is 9.53 Å². The highest BCUT2D eigenvalue weighted by molar-refractivity contribution is 6.28. The van der Waals surface area contributed by atoms with E-state index >= 15 is 0 Å². The number of nitrogens with one attached hydrogen (secondary N) is 2. The van der Waals surface area contributed by atoms with Gasteiger partial charge in [-0.05, 0) is 31.4 Å². The van der Waals surface area contributed by atoms with Crippen molar-refractivity contribution in [3.05, 3.63) is 11.6 Å². The van der Waals surface area contributed by atoms with Gasteiger partial charge in [0.2, 0.25) is 5.28 Å². The van der Waals surface area contributed by atoms with Crippen LogP contribution >= 0.6 is 11.6 Å². The fraction of sp³-hybridized carbons (Fsp3) is 0.684. The van der Waals surface area contributed by atoms with E-state index in [-0.39, 0.29) is 11.3 Å². The van der Waals surface area contributed by atoms with Crippen LogP contribution < -0.4 is 10.6 Å². The Morgan fingerprint density at radius 3 is 2.74 bits per heavy atom. The van der Waals surface area contributed by atoms with Crippen LogP contribution in [0, 0.1) is 0 Å². The van der Waals surface area contributed by atoms with Crippen LogP contribution in [0.1, 0.15) is 45.3 Å². The number of rotatable bonds is 6. The molecule has 1 saturated heterocycles. The minimum atomic E-state index is -1.65. The second-order valence-corrected chi connectivity index (χ2v) is 8.29. The molecule has 1 unspecified atom stereocenters. The van der Waals surface area contributed by atoms with Gasteiger partial charge in [0.25, 0.3) is 5.91 Å². The van der Waals surface area contributed by atoms with Crippen LogP contribution in [-0.4, -0.2) is 77.7 Å². The number of hydrogen-bond acceptors (Lipinski definition) is 9. The molecular weight excluding hydrogens is 428 g/mol. The number of nitrogens with zero attached hydrogens (tertiary/aromatic N) is 4. The van der Waals surface area contributed by atoms with Gasteiger partial charge in [0, 0.05) is 12.6 Å². The lowest BCUT2D eigenvalue weighted by atomic mass is 9.95. The van der Waals surface area contributed by atoms with Gasteiger partial charge in [0.05, 0.1) is 6.33 Å². The number of imidazole rings is 1. The summed E-state index contributed by atoms with van der Waals surface area (Å²) in [5.41, 5.74) is 0.760. The lowest BCUT2D eigenvalue weighted by Gasteiger charge is -2.23. The molecule has 0 spiro atoms. The molecule has 11 nitrogen and oxygen atoms in total. The molecule has 2 aliphatic rings. The van der Waals surface area contributed by atoms with E-state index in [1.54, 1.807) is 6.92 Å². The summed E-state index contributed by atoms with van der Waals surface area (Å²) in [5, 5.41) is 37.0. The third-order valence-electron chi connectivity index (χ3n) is 5.82. The maximum Gasteiger partial charge on any atom is 0.251 e. The molecule has 1 saturated carbocycles. The zero-order valence-corrected chi connectivity index (χ0v) is 17.9. The number of fused-ring (bicyclic) bond motifs is 1. The molecular formula is C19H27ClN6O5. The molecule has 0 bridgehead atoms. The minimum Gasteiger partial charge on any atom is -0.387 e. The summed E-state index contributed by atoms with van der Waals surface area (Å²) in [6.07, 6.45) is -0.0349. The van der Waals surface area contributed by atoms with Crippen LogP contribution in [0.5, 0.6) is 0 Å². The van der Waals surface area contributed by atoms with E-state index in [1.807, 2.05) is 0 Å². The Balaban J connectivity index is 1.61. The number of likely N-dealkylation sites (N-methyl/N-ethyl adjacent to an activating group) is 1. The summed E-state index contributed by atoms with van der Waals surface area (Å²) in [6.45, 7) is 2.01. The number of aliphatic hydroxyl groups excluding tert-OH is 3. The molecule has 2 fully saturated rings. The fourth-order valence-corrected chi connectivity index (χ4v) is 4.39. The molecule has 3 heterocycles.